The molecule has 0 saturated carbocycles. The highest BCUT2D eigenvalue weighted by Crippen LogP contribution is 2.02. The summed E-state index contributed by atoms with van der Waals surface area (Å²) in [5, 5.41) is 3.15. The van der Waals surface area contributed by atoms with E-state index in [-0.39, 0.29) is 11.9 Å². The lowest BCUT2D eigenvalue weighted by molar-refractivity contribution is 0.126. The topological polar surface area (TPSA) is 34.1 Å². The SMILES string of the molecule is CCOCC(C)NCc1ncccc1F. The van der Waals surface area contributed by atoms with E-state index in [1.165, 1.54) is 6.07 Å². The van der Waals surface area contributed by atoms with E-state index in [4.69, 9.17) is 4.74 Å². The molecule has 1 rings (SSSR count). The van der Waals surface area contributed by atoms with Gasteiger partial charge in [0.05, 0.1) is 12.3 Å². The number of hydrogen-bond acceptors (Lipinski definition) is 3. The standard InChI is InChI=1S/C11H17FN2O/c1-3-15-8-9(2)14-7-11-10(12)5-4-6-13-11/h4-6,9,14H,3,7-8H2,1-2H3. The van der Waals surface area contributed by atoms with Gasteiger partial charge >= 0.3 is 0 Å². The zero-order valence-electron chi connectivity index (χ0n) is 9.16. The van der Waals surface area contributed by atoms with Crippen LogP contribution in [-0.4, -0.2) is 24.2 Å². The number of nitrogens with one attached hydrogen (secondary N) is 1. The lowest BCUT2D eigenvalue weighted by Gasteiger charge is -2.13. The van der Waals surface area contributed by atoms with Gasteiger partial charge in [0.1, 0.15) is 5.82 Å². The molecule has 1 unspecified atom stereocenters. The molecule has 0 saturated heterocycles. The minimum Gasteiger partial charge on any atom is -0.380 e. The summed E-state index contributed by atoms with van der Waals surface area (Å²) in [6.45, 7) is 5.71. The molecule has 84 valence electrons. The summed E-state index contributed by atoms with van der Waals surface area (Å²) in [4.78, 5) is 3.95. The van der Waals surface area contributed by atoms with Crippen LogP contribution in [0.3, 0.4) is 0 Å². The summed E-state index contributed by atoms with van der Waals surface area (Å²) in [5.74, 6) is -0.270. The molecule has 0 fully saturated rings. The Balaban J connectivity index is 2.33. The van der Waals surface area contributed by atoms with Crippen molar-refractivity contribution >= 4 is 0 Å². The molecule has 0 amide bonds. The second-order valence-electron chi connectivity index (χ2n) is 3.37. The molecule has 1 aromatic heterocycles. The molecule has 3 nitrogen and oxygen atoms in total. The molecule has 0 aliphatic rings. The first-order valence-corrected chi connectivity index (χ1v) is 5.14. The Morgan fingerprint density at radius 1 is 1.60 bits per heavy atom. The molecule has 4 heteroatoms. The normalized spacial score (nSPS) is 12.7. The number of rotatable bonds is 6. The third-order valence-corrected chi connectivity index (χ3v) is 2.02. The number of halogens is 1. The average Bonchev–Trinajstić information content (AvgIpc) is 2.25. The predicted molar refractivity (Wildman–Crippen MR) is 57.0 cm³/mol. The first-order valence-electron chi connectivity index (χ1n) is 5.14. The molecule has 1 heterocycles. The third-order valence-electron chi connectivity index (χ3n) is 2.02. The molecule has 1 N–H and O–H groups in total. The van der Waals surface area contributed by atoms with Gasteiger partial charge in [-0.25, -0.2) is 4.39 Å². The summed E-state index contributed by atoms with van der Waals surface area (Å²) >= 11 is 0. The molecule has 0 aromatic carbocycles. The molecule has 1 aromatic rings. The molecule has 0 spiro atoms. The Morgan fingerprint density at radius 2 is 2.40 bits per heavy atom. The van der Waals surface area contributed by atoms with E-state index in [0.717, 1.165) is 0 Å². The molecular weight excluding hydrogens is 195 g/mol. The van der Waals surface area contributed by atoms with Crippen LogP contribution in [0.5, 0.6) is 0 Å². The van der Waals surface area contributed by atoms with Crippen LogP contribution in [0.25, 0.3) is 0 Å². The maximum atomic E-state index is 13.2. The van der Waals surface area contributed by atoms with E-state index in [0.29, 0.717) is 25.5 Å². The van der Waals surface area contributed by atoms with Gasteiger partial charge in [-0.05, 0) is 26.0 Å². The zero-order valence-corrected chi connectivity index (χ0v) is 9.16. The van der Waals surface area contributed by atoms with E-state index in [2.05, 4.69) is 10.3 Å². The molecule has 0 aliphatic carbocycles. The highest BCUT2D eigenvalue weighted by molar-refractivity contribution is 5.06. The fourth-order valence-electron chi connectivity index (χ4n) is 1.17. The van der Waals surface area contributed by atoms with Crippen LogP contribution >= 0.6 is 0 Å². The maximum Gasteiger partial charge on any atom is 0.146 e. The first-order chi connectivity index (χ1) is 7.24. The smallest absolute Gasteiger partial charge is 0.146 e. The monoisotopic (exact) mass is 212 g/mol. The van der Waals surface area contributed by atoms with Crippen molar-refractivity contribution < 1.29 is 9.13 Å². The van der Waals surface area contributed by atoms with Crippen LogP contribution in [0, 0.1) is 5.82 Å². The van der Waals surface area contributed by atoms with Gasteiger partial charge in [0.15, 0.2) is 0 Å². The van der Waals surface area contributed by atoms with Crippen LogP contribution in [0.1, 0.15) is 19.5 Å². The van der Waals surface area contributed by atoms with Crippen LogP contribution in [0.15, 0.2) is 18.3 Å². The largest absolute Gasteiger partial charge is 0.380 e. The average molecular weight is 212 g/mol. The van der Waals surface area contributed by atoms with Crippen molar-refractivity contribution in [2.45, 2.75) is 26.4 Å². The number of pyridine rings is 1. The van der Waals surface area contributed by atoms with Crippen molar-refractivity contribution in [1.82, 2.24) is 10.3 Å². The molecule has 0 radical (unpaired) electrons. The van der Waals surface area contributed by atoms with Gasteiger partial charge in [0, 0.05) is 25.4 Å². The second-order valence-corrected chi connectivity index (χ2v) is 3.37. The molecule has 1 atom stereocenters. The maximum absolute atomic E-state index is 13.2. The molecule has 15 heavy (non-hydrogen) atoms. The first kappa shape index (κ1) is 12.1. The van der Waals surface area contributed by atoms with Crippen LogP contribution in [0.2, 0.25) is 0 Å². The minimum absolute atomic E-state index is 0.200. The Kier molecular flexibility index (Phi) is 5.21. The van der Waals surface area contributed by atoms with E-state index in [1.807, 2.05) is 13.8 Å². The van der Waals surface area contributed by atoms with Crippen molar-refractivity contribution in [2.24, 2.45) is 0 Å². The van der Waals surface area contributed by atoms with Gasteiger partial charge in [0.25, 0.3) is 0 Å². The number of nitrogens with zero attached hydrogens (tertiary/aromatic N) is 1. The fraction of sp³-hybridized carbons (Fsp3) is 0.545. The fourth-order valence-corrected chi connectivity index (χ4v) is 1.17. The van der Waals surface area contributed by atoms with Crippen LogP contribution in [-0.2, 0) is 11.3 Å². The number of hydrogen-bond donors (Lipinski definition) is 1. The Morgan fingerprint density at radius 3 is 3.07 bits per heavy atom. The highest BCUT2D eigenvalue weighted by Gasteiger charge is 2.05. The number of ether oxygens (including phenoxy) is 1. The van der Waals surface area contributed by atoms with Crippen LogP contribution in [0.4, 0.5) is 4.39 Å². The van der Waals surface area contributed by atoms with Gasteiger partial charge < -0.3 is 10.1 Å². The van der Waals surface area contributed by atoms with E-state index >= 15 is 0 Å². The van der Waals surface area contributed by atoms with Crippen molar-refractivity contribution in [2.75, 3.05) is 13.2 Å². The second kappa shape index (κ2) is 6.48. The lowest BCUT2D eigenvalue weighted by atomic mass is 10.3. The Bertz CT molecular complexity index is 294. The Labute approximate surface area is 89.7 Å². The van der Waals surface area contributed by atoms with Gasteiger partial charge in [-0.15, -0.1) is 0 Å². The summed E-state index contributed by atoms with van der Waals surface area (Å²) in [5.41, 5.74) is 0.445. The quantitative estimate of drug-likeness (QED) is 0.779. The van der Waals surface area contributed by atoms with Crippen molar-refractivity contribution in [1.29, 1.82) is 0 Å². The van der Waals surface area contributed by atoms with E-state index in [9.17, 15) is 4.39 Å². The van der Waals surface area contributed by atoms with Gasteiger partial charge in [-0.2, -0.15) is 0 Å². The van der Waals surface area contributed by atoms with Gasteiger partial charge in [0.2, 0.25) is 0 Å². The summed E-state index contributed by atoms with van der Waals surface area (Å²) < 4.78 is 18.4. The third kappa shape index (κ3) is 4.36. The summed E-state index contributed by atoms with van der Waals surface area (Å²) in [7, 11) is 0. The zero-order chi connectivity index (χ0) is 11.1. The van der Waals surface area contributed by atoms with E-state index in [1.54, 1.807) is 12.3 Å². The predicted octanol–water partition coefficient (Wildman–Crippen LogP) is 1.74. The van der Waals surface area contributed by atoms with Crippen molar-refractivity contribution in [3.63, 3.8) is 0 Å². The van der Waals surface area contributed by atoms with Gasteiger partial charge in [-0.3, -0.25) is 4.98 Å². The van der Waals surface area contributed by atoms with Crippen molar-refractivity contribution in [3.05, 3.63) is 29.8 Å². The lowest BCUT2D eigenvalue weighted by Crippen LogP contribution is -2.30. The summed E-state index contributed by atoms with van der Waals surface area (Å²) in [6.07, 6.45) is 1.59. The Hall–Kier alpha value is -1.00. The van der Waals surface area contributed by atoms with Crippen molar-refractivity contribution in [3.8, 4) is 0 Å². The molecular formula is C11H17FN2O. The summed E-state index contributed by atoms with van der Waals surface area (Å²) in [6, 6.07) is 3.20. The molecule has 0 aliphatic heterocycles. The van der Waals surface area contributed by atoms with Gasteiger partial charge in [-0.1, -0.05) is 0 Å². The van der Waals surface area contributed by atoms with Crippen LogP contribution < -0.4 is 5.32 Å². The number of aromatic nitrogens is 1. The van der Waals surface area contributed by atoms with E-state index < -0.39 is 0 Å². The molecule has 0 bridgehead atoms. The highest BCUT2D eigenvalue weighted by atomic mass is 19.1. The minimum atomic E-state index is -0.270.